The number of hydrogen-bond donors (Lipinski definition) is 3. The molecule has 2 aromatic rings. The highest BCUT2D eigenvalue weighted by atomic mass is 16.3. The maximum Gasteiger partial charge on any atom is 0.0966 e. The Kier molecular flexibility index (Phi) is 2.87. The Labute approximate surface area is 112 Å². The smallest absolute Gasteiger partial charge is 0.0966 e. The molecule has 0 aliphatic heterocycles. The van der Waals surface area contributed by atoms with Crippen LogP contribution < -0.4 is 11.1 Å². The molecular weight excluding hydrogens is 238 g/mol. The van der Waals surface area contributed by atoms with Gasteiger partial charge in [-0.05, 0) is 55.2 Å². The number of hydrogen-bond acceptors (Lipinski definition) is 4. The number of aryl methyl sites for hydroxylation is 1. The van der Waals surface area contributed by atoms with Crippen LogP contribution in [0.25, 0.3) is 0 Å². The van der Waals surface area contributed by atoms with Gasteiger partial charge in [0.15, 0.2) is 0 Å². The summed E-state index contributed by atoms with van der Waals surface area (Å²) in [4.78, 5) is 4.26. The van der Waals surface area contributed by atoms with E-state index in [-0.39, 0.29) is 0 Å². The zero-order chi connectivity index (χ0) is 13.4. The summed E-state index contributed by atoms with van der Waals surface area (Å²) in [5, 5.41) is 13.2. The molecule has 1 aromatic heterocycles. The number of aromatic nitrogens is 1. The molecule has 1 atom stereocenters. The van der Waals surface area contributed by atoms with Crippen LogP contribution in [0, 0.1) is 6.92 Å². The number of benzene rings is 1. The van der Waals surface area contributed by atoms with Crippen molar-refractivity contribution in [3.05, 3.63) is 47.3 Å². The minimum Gasteiger partial charge on any atom is -0.399 e. The standard InChI is InChI=1S/C15H17N3O/c1-9-8-10(2-4-12(9)16)18-13-6-7-17-15-11(13)3-5-14(15)19/h2,4,6-8,14,19H,3,5,16H2,1H3,(H,17,18)/t14-/m0/s1. The third-order valence-electron chi connectivity index (χ3n) is 3.62. The lowest BCUT2D eigenvalue weighted by Gasteiger charge is -2.12. The molecule has 19 heavy (non-hydrogen) atoms. The molecule has 0 bridgehead atoms. The monoisotopic (exact) mass is 255 g/mol. The Bertz CT molecular complexity index is 625. The summed E-state index contributed by atoms with van der Waals surface area (Å²) in [7, 11) is 0. The fraction of sp³-hybridized carbons (Fsp3) is 0.267. The molecule has 1 heterocycles. The van der Waals surface area contributed by atoms with Gasteiger partial charge in [0.25, 0.3) is 0 Å². The van der Waals surface area contributed by atoms with Crippen molar-refractivity contribution in [3.8, 4) is 0 Å². The lowest BCUT2D eigenvalue weighted by Crippen LogP contribution is -2.00. The lowest BCUT2D eigenvalue weighted by atomic mass is 10.1. The summed E-state index contributed by atoms with van der Waals surface area (Å²) in [5.74, 6) is 0. The van der Waals surface area contributed by atoms with Gasteiger partial charge in [0.2, 0.25) is 0 Å². The van der Waals surface area contributed by atoms with E-state index in [1.54, 1.807) is 6.20 Å². The molecule has 0 spiro atoms. The summed E-state index contributed by atoms with van der Waals surface area (Å²) in [6.07, 6.45) is 2.92. The van der Waals surface area contributed by atoms with E-state index in [1.165, 1.54) is 0 Å². The van der Waals surface area contributed by atoms with Gasteiger partial charge in [0.1, 0.15) is 0 Å². The van der Waals surface area contributed by atoms with Crippen molar-refractivity contribution in [1.82, 2.24) is 4.98 Å². The first-order chi connectivity index (χ1) is 9.15. The first kappa shape index (κ1) is 12.0. The SMILES string of the molecule is Cc1cc(Nc2ccnc3c2CC[C@@H]3O)ccc1N. The van der Waals surface area contributed by atoms with Crippen LogP contribution in [0.1, 0.15) is 29.3 Å². The number of nitrogens with zero attached hydrogens (tertiary/aromatic N) is 1. The molecule has 98 valence electrons. The zero-order valence-corrected chi connectivity index (χ0v) is 10.9. The van der Waals surface area contributed by atoms with Crippen molar-refractivity contribution in [2.45, 2.75) is 25.9 Å². The summed E-state index contributed by atoms with van der Waals surface area (Å²) < 4.78 is 0. The van der Waals surface area contributed by atoms with Crippen molar-refractivity contribution < 1.29 is 5.11 Å². The highest BCUT2D eigenvalue weighted by molar-refractivity contribution is 5.67. The maximum atomic E-state index is 9.85. The summed E-state index contributed by atoms with van der Waals surface area (Å²) >= 11 is 0. The van der Waals surface area contributed by atoms with Crippen LogP contribution in [0.4, 0.5) is 17.1 Å². The van der Waals surface area contributed by atoms with Crippen molar-refractivity contribution in [2.24, 2.45) is 0 Å². The summed E-state index contributed by atoms with van der Waals surface area (Å²) in [5.41, 5.74) is 11.6. The largest absolute Gasteiger partial charge is 0.399 e. The van der Waals surface area contributed by atoms with Crippen LogP contribution in [-0.2, 0) is 6.42 Å². The van der Waals surface area contributed by atoms with Crippen molar-refractivity contribution in [1.29, 1.82) is 0 Å². The Balaban J connectivity index is 1.94. The molecule has 0 radical (unpaired) electrons. The molecule has 1 aliphatic rings. The lowest BCUT2D eigenvalue weighted by molar-refractivity contribution is 0.176. The minimum atomic E-state index is -0.426. The van der Waals surface area contributed by atoms with Gasteiger partial charge in [-0.15, -0.1) is 0 Å². The van der Waals surface area contributed by atoms with Gasteiger partial charge in [-0.25, -0.2) is 0 Å². The van der Waals surface area contributed by atoms with Gasteiger partial charge in [-0.1, -0.05) is 0 Å². The first-order valence-electron chi connectivity index (χ1n) is 6.44. The van der Waals surface area contributed by atoms with E-state index in [9.17, 15) is 5.11 Å². The number of aliphatic hydroxyl groups is 1. The van der Waals surface area contributed by atoms with E-state index in [0.29, 0.717) is 0 Å². The van der Waals surface area contributed by atoms with Crippen LogP contribution in [0.2, 0.25) is 0 Å². The zero-order valence-electron chi connectivity index (χ0n) is 10.9. The van der Waals surface area contributed by atoms with Crippen LogP contribution >= 0.6 is 0 Å². The topological polar surface area (TPSA) is 71.2 Å². The Hall–Kier alpha value is -2.07. The number of nitrogens with one attached hydrogen (secondary N) is 1. The normalized spacial score (nSPS) is 17.3. The van der Waals surface area contributed by atoms with E-state index < -0.39 is 6.10 Å². The van der Waals surface area contributed by atoms with Gasteiger partial charge in [-0.2, -0.15) is 0 Å². The molecule has 1 aliphatic carbocycles. The van der Waals surface area contributed by atoms with Crippen LogP contribution in [0.5, 0.6) is 0 Å². The molecular formula is C15H17N3O. The average Bonchev–Trinajstić information content (AvgIpc) is 2.77. The Morgan fingerprint density at radius 1 is 1.37 bits per heavy atom. The average molecular weight is 255 g/mol. The number of anilines is 3. The van der Waals surface area contributed by atoms with Gasteiger partial charge in [0.05, 0.1) is 11.8 Å². The van der Waals surface area contributed by atoms with Crippen LogP contribution in [0.3, 0.4) is 0 Å². The molecule has 0 saturated heterocycles. The Morgan fingerprint density at radius 2 is 2.21 bits per heavy atom. The second-order valence-corrected chi connectivity index (χ2v) is 4.97. The third kappa shape index (κ3) is 2.15. The molecule has 0 fully saturated rings. The second-order valence-electron chi connectivity index (χ2n) is 4.97. The predicted octanol–water partition coefficient (Wildman–Crippen LogP) is 2.70. The third-order valence-corrected chi connectivity index (χ3v) is 3.62. The fourth-order valence-corrected chi connectivity index (χ4v) is 2.50. The van der Waals surface area contributed by atoms with E-state index in [2.05, 4.69) is 10.3 Å². The van der Waals surface area contributed by atoms with E-state index in [0.717, 1.165) is 46.7 Å². The highest BCUT2D eigenvalue weighted by Gasteiger charge is 2.24. The molecule has 0 saturated carbocycles. The number of aliphatic hydroxyl groups excluding tert-OH is 1. The number of nitrogens with two attached hydrogens (primary N) is 1. The predicted molar refractivity (Wildman–Crippen MR) is 76.4 cm³/mol. The van der Waals surface area contributed by atoms with Crippen molar-refractivity contribution >= 4 is 17.1 Å². The molecule has 4 N–H and O–H groups in total. The van der Waals surface area contributed by atoms with Gasteiger partial charge in [0, 0.05) is 23.3 Å². The molecule has 0 unspecified atom stereocenters. The van der Waals surface area contributed by atoms with Crippen LogP contribution in [0.15, 0.2) is 30.5 Å². The summed E-state index contributed by atoms with van der Waals surface area (Å²) in [6, 6.07) is 7.82. The number of pyridine rings is 1. The molecule has 4 heteroatoms. The fourth-order valence-electron chi connectivity index (χ4n) is 2.50. The number of rotatable bonds is 2. The summed E-state index contributed by atoms with van der Waals surface area (Å²) in [6.45, 7) is 1.99. The minimum absolute atomic E-state index is 0.426. The van der Waals surface area contributed by atoms with Crippen LogP contribution in [-0.4, -0.2) is 10.1 Å². The number of fused-ring (bicyclic) bond motifs is 1. The highest BCUT2D eigenvalue weighted by Crippen LogP contribution is 2.35. The molecule has 0 amide bonds. The van der Waals surface area contributed by atoms with E-state index in [1.807, 2.05) is 31.2 Å². The number of nitrogen functional groups attached to an aromatic ring is 1. The first-order valence-corrected chi connectivity index (χ1v) is 6.44. The molecule has 1 aromatic carbocycles. The second kappa shape index (κ2) is 4.55. The molecule has 3 rings (SSSR count). The van der Waals surface area contributed by atoms with Gasteiger partial charge < -0.3 is 16.2 Å². The van der Waals surface area contributed by atoms with Gasteiger partial charge in [-0.3, -0.25) is 4.98 Å². The quantitative estimate of drug-likeness (QED) is 0.721. The van der Waals surface area contributed by atoms with E-state index in [4.69, 9.17) is 5.73 Å². The van der Waals surface area contributed by atoms with E-state index >= 15 is 0 Å². The van der Waals surface area contributed by atoms with Crippen molar-refractivity contribution in [3.63, 3.8) is 0 Å². The molecule has 4 nitrogen and oxygen atoms in total. The van der Waals surface area contributed by atoms with Gasteiger partial charge >= 0.3 is 0 Å². The maximum absolute atomic E-state index is 9.85. The van der Waals surface area contributed by atoms with Crippen molar-refractivity contribution in [2.75, 3.05) is 11.1 Å². The Morgan fingerprint density at radius 3 is 3.00 bits per heavy atom.